The summed E-state index contributed by atoms with van der Waals surface area (Å²) in [4.78, 5) is 0. The van der Waals surface area contributed by atoms with Gasteiger partial charge in [0, 0.05) is 0 Å². The molecule has 0 saturated heterocycles. The van der Waals surface area contributed by atoms with Crippen molar-refractivity contribution in [3.63, 3.8) is 0 Å². The van der Waals surface area contributed by atoms with Crippen molar-refractivity contribution in [2.45, 2.75) is 71.1 Å². The first-order chi connectivity index (χ1) is 10.4. The highest BCUT2D eigenvalue weighted by atomic mass is 127. The summed E-state index contributed by atoms with van der Waals surface area (Å²) in [7, 11) is 0. The minimum atomic E-state index is 1.06. The second-order valence-electron chi connectivity index (χ2n) is 5.27. The normalized spacial score (nSPS) is 12.7. The molecule has 0 nitrogen and oxygen atoms in total. The van der Waals surface area contributed by atoms with Crippen molar-refractivity contribution >= 4 is 22.6 Å². The van der Waals surface area contributed by atoms with Crippen LogP contribution in [0.15, 0.2) is 48.6 Å². The zero-order chi connectivity index (χ0) is 15.4. The van der Waals surface area contributed by atoms with Crippen molar-refractivity contribution in [3.8, 4) is 0 Å². The maximum atomic E-state index is 2.44. The van der Waals surface area contributed by atoms with Crippen LogP contribution in [0.5, 0.6) is 0 Å². The van der Waals surface area contributed by atoms with E-state index >= 15 is 0 Å². The first kappa shape index (κ1) is 20.7. The lowest BCUT2D eigenvalue weighted by atomic mass is 10.2. The standard InChI is InChI=1S/C20H33I/c1-2-3-4-5-6-7-8-9-10-11-12-13-14-15-16-17-18-19-20-21/h6-7,9-10,12-13,15-16H,2-5,8,11,14,17-20H2,1H3/b7-6-,10-9-,13-12-,16-15-. The van der Waals surface area contributed by atoms with Crippen LogP contribution in [0.2, 0.25) is 0 Å². The quantitative estimate of drug-likeness (QED) is 0.122. The van der Waals surface area contributed by atoms with Crippen LogP contribution in [0, 0.1) is 0 Å². The van der Waals surface area contributed by atoms with Crippen LogP contribution in [0.25, 0.3) is 0 Å². The molecule has 0 N–H and O–H groups in total. The highest BCUT2D eigenvalue weighted by molar-refractivity contribution is 14.1. The van der Waals surface area contributed by atoms with E-state index in [2.05, 4.69) is 78.1 Å². The van der Waals surface area contributed by atoms with E-state index < -0.39 is 0 Å². The van der Waals surface area contributed by atoms with Gasteiger partial charge in [-0.3, -0.25) is 0 Å². The summed E-state index contributed by atoms with van der Waals surface area (Å²) in [5.41, 5.74) is 0. The second-order valence-corrected chi connectivity index (χ2v) is 6.35. The Labute approximate surface area is 146 Å². The molecule has 0 saturated carbocycles. The average Bonchev–Trinajstić information content (AvgIpc) is 2.50. The monoisotopic (exact) mass is 400 g/mol. The third-order valence-corrected chi connectivity index (χ3v) is 3.97. The molecule has 0 unspecified atom stereocenters. The van der Waals surface area contributed by atoms with E-state index in [4.69, 9.17) is 0 Å². The third-order valence-electron chi connectivity index (χ3n) is 3.21. The van der Waals surface area contributed by atoms with Crippen molar-refractivity contribution in [2.24, 2.45) is 0 Å². The van der Waals surface area contributed by atoms with Gasteiger partial charge in [0.2, 0.25) is 0 Å². The Hall–Kier alpha value is -0.310. The molecule has 0 heterocycles. The predicted molar refractivity (Wildman–Crippen MR) is 107 cm³/mol. The molecule has 0 aliphatic rings. The summed E-state index contributed by atoms with van der Waals surface area (Å²) < 4.78 is 1.28. The average molecular weight is 400 g/mol. The summed E-state index contributed by atoms with van der Waals surface area (Å²) >= 11 is 2.44. The van der Waals surface area contributed by atoms with Gasteiger partial charge in [0.1, 0.15) is 0 Å². The van der Waals surface area contributed by atoms with Crippen LogP contribution in [0.3, 0.4) is 0 Å². The maximum absolute atomic E-state index is 2.44. The maximum Gasteiger partial charge on any atom is -0.000462 e. The molecule has 21 heavy (non-hydrogen) atoms. The van der Waals surface area contributed by atoms with Gasteiger partial charge in [0.25, 0.3) is 0 Å². The van der Waals surface area contributed by atoms with E-state index in [1.807, 2.05) is 0 Å². The highest BCUT2D eigenvalue weighted by Gasteiger charge is 1.82. The lowest BCUT2D eigenvalue weighted by molar-refractivity contribution is 0.728. The van der Waals surface area contributed by atoms with Crippen LogP contribution < -0.4 is 0 Å². The molecular weight excluding hydrogens is 367 g/mol. The van der Waals surface area contributed by atoms with Crippen LogP contribution in [0.4, 0.5) is 0 Å². The number of alkyl halides is 1. The van der Waals surface area contributed by atoms with Gasteiger partial charge in [0.15, 0.2) is 0 Å². The molecule has 0 aromatic heterocycles. The minimum absolute atomic E-state index is 1.06. The van der Waals surface area contributed by atoms with E-state index in [0.29, 0.717) is 0 Å². The third kappa shape index (κ3) is 19.7. The molecule has 0 atom stereocenters. The lowest BCUT2D eigenvalue weighted by Crippen LogP contribution is -1.73. The van der Waals surface area contributed by atoms with Crippen molar-refractivity contribution in [1.82, 2.24) is 0 Å². The largest absolute Gasteiger partial charge is 0.0882 e. The molecule has 0 aromatic carbocycles. The minimum Gasteiger partial charge on any atom is -0.0882 e. The fraction of sp³-hybridized carbons (Fsp3) is 0.600. The highest BCUT2D eigenvalue weighted by Crippen LogP contribution is 2.02. The van der Waals surface area contributed by atoms with Gasteiger partial charge in [-0.2, -0.15) is 0 Å². The van der Waals surface area contributed by atoms with Gasteiger partial charge in [0.05, 0.1) is 0 Å². The fourth-order valence-electron chi connectivity index (χ4n) is 1.92. The lowest BCUT2D eigenvalue weighted by Gasteiger charge is -1.90. The van der Waals surface area contributed by atoms with Crippen LogP contribution >= 0.6 is 22.6 Å². The Morgan fingerprint density at radius 1 is 0.571 bits per heavy atom. The summed E-state index contributed by atoms with van der Waals surface area (Å²) in [6.07, 6.45) is 30.6. The number of rotatable bonds is 14. The number of unbranched alkanes of at least 4 members (excludes halogenated alkanes) is 5. The molecule has 0 rings (SSSR count). The van der Waals surface area contributed by atoms with E-state index in [1.54, 1.807) is 0 Å². The Morgan fingerprint density at radius 3 is 1.43 bits per heavy atom. The van der Waals surface area contributed by atoms with Crippen molar-refractivity contribution < 1.29 is 0 Å². The van der Waals surface area contributed by atoms with Crippen LogP contribution in [0.1, 0.15) is 71.1 Å². The van der Waals surface area contributed by atoms with Crippen molar-refractivity contribution in [1.29, 1.82) is 0 Å². The van der Waals surface area contributed by atoms with E-state index in [0.717, 1.165) is 19.3 Å². The molecule has 0 fully saturated rings. The number of hydrogen-bond acceptors (Lipinski definition) is 0. The van der Waals surface area contributed by atoms with Gasteiger partial charge >= 0.3 is 0 Å². The Morgan fingerprint density at radius 2 is 1.00 bits per heavy atom. The van der Waals surface area contributed by atoms with Gasteiger partial charge in [-0.25, -0.2) is 0 Å². The van der Waals surface area contributed by atoms with Gasteiger partial charge in [-0.15, -0.1) is 0 Å². The van der Waals surface area contributed by atoms with Gasteiger partial charge < -0.3 is 0 Å². The zero-order valence-corrected chi connectivity index (χ0v) is 15.9. The molecule has 120 valence electrons. The first-order valence-corrected chi connectivity index (χ1v) is 10.1. The van der Waals surface area contributed by atoms with Crippen LogP contribution in [-0.4, -0.2) is 4.43 Å². The summed E-state index contributed by atoms with van der Waals surface area (Å²) in [5, 5.41) is 0. The molecule has 0 radical (unpaired) electrons. The van der Waals surface area contributed by atoms with Gasteiger partial charge in [-0.05, 0) is 55.8 Å². The predicted octanol–water partition coefficient (Wildman–Crippen LogP) is 7.57. The SMILES string of the molecule is CCCCC/C=C\C/C=C\C/C=C\C/C=C\CCCCI. The van der Waals surface area contributed by atoms with Gasteiger partial charge in [-0.1, -0.05) is 91.0 Å². The van der Waals surface area contributed by atoms with E-state index in [-0.39, 0.29) is 0 Å². The molecule has 0 spiro atoms. The molecular formula is C20H33I. The fourth-order valence-corrected chi connectivity index (χ4v) is 2.46. The zero-order valence-electron chi connectivity index (χ0n) is 13.8. The molecule has 0 aromatic rings. The van der Waals surface area contributed by atoms with E-state index in [9.17, 15) is 0 Å². The van der Waals surface area contributed by atoms with Crippen molar-refractivity contribution in [2.75, 3.05) is 4.43 Å². The topological polar surface area (TPSA) is 0 Å². The summed E-state index contributed by atoms with van der Waals surface area (Å²) in [5.74, 6) is 0. The molecule has 0 aliphatic carbocycles. The Bertz CT molecular complexity index is 267. The van der Waals surface area contributed by atoms with Crippen molar-refractivity contribution in [3.05, 3.63) is 48.6 Å². The first-order valence-electron chi connectivity index (χ1n) is 8.57. The summed E-state index contributed by atoms with van der Waals surface area (Å²) in [6, 6.07) is 0. The molecule has 0 bridgehead atoms. The van der Waals surface area contributed by atoms with Crippen LogP contribution in [-0.2, 0) is 0 Å². The number of halogens is 1. The van der Waals surface area contributed by atoms with E-state index in [1.165, 1.54) is 49.4 Å². The summed E-state index contributed by atoms with van der Waals surface area (Å²) in [6.45, 7) is 2.25. The smallest absolute Gasteiger partial charge is 0.000462 e. The molecule has 0 aliphatic heterocycles. The Kier molecular flexibility index (Phi) is 19.4. The molecule has 0 amide bonds. The number of hydrogen-bond donors (Lipinski definition) is 0. The second kappa shape index (κ2) is 19.7. The number of allylic oxidation sites excluding steroid dienone is 8. The molecule has 1 heteroatoms. The Balaban J connectivity index is 3.35.